The van der Waals surface area contributed by atoms with Gasteiger partial charge in [0.05, 0.1) is 5.39 Å². The normalized spacial score (nSPS) is 16.4. The monoisotopic (exact) mass is 385 g/mol. The molecule has 3 aromatic rings. The first kappa shape index (κ1) is 17.8. The molecule has 2 aromatic heterocycles. The molecule has 0 saturated carbocycles. The molecule has 26 heavy (non-hydrogen) atoms. The van der Waals surface area contributed by atoms with Gasteiger partial charge in [0.15, 0.2) is 5.16 Å². The third-order valence-corrected chi connectivity index (χ3v) is 7.28. The van der Waals surface area contributed by atoms with Crippen molar-refractivity contribution in [3.63, 3.8) is 0 Å². The van der Waals surface area contributed by atoms with E-state index in [4.69, 9.17) is 4.98 Å². The number of aryl methyl sites for hydroxylation is 2. The van der Waals surface area contributed by atoms with E-state index in [1.807, 2.05) is 0 Å². The van der Waals surface area contributed by atoms with Crippen LogP contribution < -0.4 is 5.56 Å². The van der Waals surface area contributed by atoms with Crippen LogP contribution in [0, 0.1) is 13.8 Å². The Morgan fingerprint density at radius 3 is 2.73 bits per heavy atom. The van der Waals surface area contributed by atoms with Crippen LogP contribution in [0.1, 0.15) is 24.0 Å². The Labute approximate surface area is 161 Å². The van der Waals surface area contributed by atoms with Crippen molar-refractivity contribution in [3.05, 3.63) is 45.1 Å². The number of fused-ring (bicyclic) bond motifs is 1. The van der Waals surface area contributed by atoms with Gasteiger partial charge in [0.2, 0.25) is 0 Å². The zero-order valence-electron chi connectivity index (χ0n) is 15.3. The number of thioether (sulfide) groups is 1. The van der Waals surface area contributed by atoms with Crippen LogP contribution in [0.5, 0.6) is 0 Å². The maximum absolute atomic E-state index is 12.8. The maximum Gasteiger partial charge on any atom is 0.260 e. The standard InChI is InChI=1S/C20H23N3OS2/c1-12-4-5-14(10-13(12)2)16-11-25-19-17(16)18(24)21-20(22-19)26-15-6-8-23(3)9-7-15/h4-5,10-11,15H,6-9H2,1-3H3,(H,21,22,24). The molecule has 1 fully saturated rings. The Kier molecular flexibility index (Phi) is 4.90. The van der Waals surface area contributed by atoms with Gasteiger partial charge in [0.1, 0.15) is 4.83 Å². The molecule has 4 nitrogen and oxygen atoms in total. The second kappa shape index (κ2) is 7.18. The fourth-order valence-corrected chi connectivity index (χ4v) is 5.43. The molecular weight excluding hydrogens is 362 g/mol. The highest BCUT2D eigenvalue weighted by Gasteiger charge is 2.20. The Morgan fingerprint density at radius 2 is 2.00 bits per heavy atom. The second-order valence-corrected chi connectivity index (χ2v) is 9.27. The summed E-state index contributed by atoms with van der Waals surface area (Å²) in [4.78, 5) is 23.7. The van der Waals surface area contributed by atoms with Crippen LogP contribution in [0.2, 0.25) is 0 Å². The minimum atomic E-state index is -0.0279. The lowest BCUT2D eigenvalue weighted by Crippen LogP contribution is -2.31. The molecule has 1 aliphatic rings. The Morgan fingerprint density at radius 1 is 1.23 bits per heavy atom. The van der Waals surface area contributed by atoms with Crippen LogP contribution in [-0.2, 0) is 0 Å². The van der Waals surface area contributed by atoms with Gasteiger partial charge in [-0.05, 0) is 63.5 Å². The number of nitrogens with zero attached hydrogens (tertiary/aromatic N) is 2. The third kappa shape index (κ3) is 3.46. The van der Waals surface area contributed by atoms with Crippen molar-refractivity contribution in [2.24, 2.45) is 0 Å². The van der Waals surface area contributed by atoms with Crippen LogP contribution in [0.3, 0.4) is 0 Å². The van der Waals surface area contributed by atoms with Crippen molar-refractivity contribution in [1.82, 2.24) is 14.9 Å². The zero-order valence-corrected chi connectivity index (χ0v) is 17.0. The van der Waals surface area contributed by atoms with Crippen molar-refractivity contribution >= 4 is 33.3 Å². The predicted octanol–water partition coefficient (Wildman–Crippen LogP) is 4.45. The first-order valence-electron chi connectivity index (χ1n) is 8.95. The van der Waals surface area contributed by atoms with Gasteiger partial charge >= 0.3 is 0 Å². The average Bonchev–Trinajstić information content (AvgIpc) is 3.04. The van der Waals surface area contributed by atoms with Crippen LogP contribution in [0.15, 0.2) is 33.5 Å². The number of piperidine rings is 1. The average molecular weight is 386 g/mol. The molecule has 0 aliphatic carbocycles. The molecule has 0 unspecified atom stereocenters. The largest absolute Gasteiger partial charge is 0.306 e. The van der Waals surface area contributed by atoms with Gasteiger partial charge in [0.25, 0.3) is 5.56 Å². The highest BCUT2D eigenvalue weighted by atomic mass is 32.2. The summed E-state index contributed by atoms with van der Waals surface area (Å²) in [6.45, 7) is 6.43. The summed E-state index contributed by atoms with van der Waals surface area (Å²) in [5.41, 5.74) is 4.54. The summed E-state index contributed by atoms with van der Waals surface area (Å²) in [6, 6.07) is 6.35. The first-order chi connectivity index (χ1) is 12.5. The summed E-state index contributed by atoms with van der Waals surface area (Å²) in [7, 11) is 2.16. The smallest absolute Gasteiger partial charge is 0.260 e. The van der Waals surface area contributed by atoms with E-state index < -0.39 is 0 Å². The molecule has 6 heteroatoms. The Balaban J connectivity index is 1.67. The summed E-state index contributed by atoms with van der Waals surface area (Å²) in [5, 5.41) is 4.06. The summed E-state index contributed by atoms with van der Waals surface area (Å²) >= 11 is 3.28. The molecule has 1 saturated heterocycles. The Hall–Kier alpha value is -1.63. The van der Waals surface area contributed by atoms with Crippen molar-refractivity contribution < 1.29 is 0 Å². The van der Waals surface area contributed by atoms with E-state index >= 15 is 0 Å². The Bertz CT molecular complexity index is 1000. The molecule has 3 heterocycles. The van der Waals surface area contributed by atoms with E-state index in [0.717, 1.165) is 47.0 Å². The topological polar surface area (TPSA) is 49.0 Å². The van der Waals surface area contributed by atoms with Crippen molar-refractivity contribution in [2.75, 3.05) is 20.1 Å². The minimum Gasteiger partial charge on any atom is -0.306 e. The third-order valence-electron chi connectivity index (χ3n) is 5.18. The molecule has 0 atom stereocenters. The van der Waals surface area contributed by atoms with Crippen LogP contribution in [-0.4, -0.2) is 40.3 Å². The molecule has 4 rings (SSSR count). The number of aromatic amines is 1. The van der Waals surface area contributed by atoms with E-state index in [1.165, 1.54) is 11.1 Å². The van der Waals surface area contributed by atoms with Gasteiger partial charge in [-0.1, -0.05) is 30.0 Å². The molecule has 0 bridgehead atoms. The van der Waals surface area contributed by atoms with E-state index in [9.17, 15) is 4.79 Å². The number of benzene rings is 1. The maximum atomic E-state index is 12.8. The number of H-pyrrole nitrogens is 1. The highest BCUT2D eigenvalue weighted by molar-refractivity contribution is 7.99. The molecule has 0 spiro atoms. The van der Waals surface area contributed by atoms with E-state index in [2.05, 4.69) is 54.4 Å². The number of thiophene rings is 1. The van der Waals surface area contributed by atoms with Crippen LogP contribution in [0.25, 0.3) is 21.3 Å². The lowest BCUT2D eigenvalue weighted by molar-refractivity contribution is 0.282. The number of aromatic nitrogens is 2. The minimum absolute atomic E-state index is 0.0279. The first-order valence-corrected chi connectivity index (χ1v) is 10.7. The second-order valence-electron chi connectivity index (χ2n) is 7.12. The van der Waals surface area contributed by atoms with Gasteiger partial charge in [-0.15, -0.1) is 11.3 Å². The quantitative estimate of drug-likeness (QED) is 0.677. The molecular formula is C20H23N3OS2. The number of rotatable bonds is 3. The molecule has 1 N–H and O–H groups in total. The summed E-state index contributed by atoms with van der Waals surface area (Å²) < 4.78 is 0. The van der Waals surface area contributed by atoms with E-state index in [1.54, 1.807) is 23.1 Å². The molecule has 0 radical (unpaired) electrons. The fourth-order valence-electron chi connectivity index (χ4n) is 3.37. The van der Waals surface area contributed by atoms with Crippen LogP contribution >= 0.6 is 23.1 Å². The van der Waals surface area contributed by atoms with Crippen molar-refractivity contribution in [3.8, 4) is 11.1 Å². The number of hydrogen-bond donors (Lipinski definition) is 1. The van der Waals surface area contributed by atoms with Gasteiger partial charge in [-0.25, -0.2) is 4.98 Å². The van der Waals surface area contributed by atoms with Crippen LogP contribution in [0.4, 0.5) is 0 Å². The van der Waals surface area contributed by atoms with Crippen molar-refractivity contribution in [1.29, 1.82) is 0 Å². The van der Waals surface area contributed by atoms with Crippen molar-refractivity contribution in [2.45, 2.75) is 37.1 Å². The van der Waals surface area contributed by atoms with Gasteiger partial charge in [0, 0.05) is 16.2 Å². The zero-order chi connectivity index (χ0) is 18.3. The molecule has 1 aliphatic heterocycles. The van der Waals surface area contributed by atoms with Gasteiger partial charge in [-0.3, -0.25) is 4.79 Å². The highest BCUT2D eigenvalue weighted by Crippen LogP contribution is 2.34. The molecule has 136 valence electrons. The predicted molar refractivity (Wildman–Crippen MR) is 112 cm³/mol. The van der Waals surface area contributed by atoms with E-state index in [0.29, 0.717) is 10.6 Å². The SMILES string of the molecule is Cc1ccc(-c2csc3nc(SC4CCN(C)CC4)[nH]c(=O)c23)cc1C. The molecule has 1 aromatic carbocycles. The fraction of sp³-hybridized carbons (Fsp3) is 0.400. The molecule has 0 amide bonds. The number of hydrogen-bond acceptors (Lipinski definition) is 5. The van der Waals surface area contributed by atoms with E-state index in [-0.39, 0.29) is 5.56 Å². The number of nitrogens with one attached hydrogen (secondary N) is 1. The lowest BCUT2D eigenvalue weighted by atomic mass is 10.0. The lowest BCUT2D eigenvalue weighted by Gasteiger charge is -2.27. The number of likely N-dealkylation sites (tertiary alicyclic amines) is 1. The summed E-state index contributed by atoms with van der Waals surface area (Å²) in [6.07, 6.45) is 2.28. The summed E-state index contributed by atoms with van der Waals surface area (Å²) in [5.74, 6) is 0. The van der Waals surface area contributed by atoms with Gasteiger partial charge in [-0.2, -0.15) is 0 Å². The van der Waals surface area contributed by atoms with Gasteiger partial charge < -0.3 is 9.88 Å².